The van der Waals surface area contributed by atoms with Gasteiger partial charge in [-0.3, -0.25) is 4.98 Å². The van der Waals surface area contributed by atoms with E-state index in [-0.39, 0.29) is 5.75 Å². The van der Waals surface area contributed by atoms with Gasteiger partial charge >= 0.3 is 0 Å². The Bertz CT molecular complexity index is 275. The second-order valence-corrected chi connectivity index (χ2v) is 4.22. The molecule has 1 aliphatic rings. The molecule has 0 bridgehead atoms. The van der Waals surface area contributed by atoms with Crippen molar-refractivity contribution in [1.29, 1.82) is 0 Å². The van der Waals surface area contributed by atoms with E-state index in [0.29, 0.717) is 0 Å². The van der Waals surface area contributed by atoms with Crippen molar-refractivity contribution in [2.75, 3.05) is 0 Å². The molecule has 0 aromatic carbocycles. The Morgan fingerprint density at radius 2 is 2.00 bits per heavy atom. The second kappa shape index (κ2) is 4.45. The molecule has 1 aliphatic carbocycles. The zero-order valence-electron chi connectivity index (χ0n) is 8.45. The van der Waals surface area contributed by atoms with E-state index in [4.69, 9.17) is 5.11 Å². The molecule has 0 atom stereocenters. The third-order valence-electron chi connectivity index (χ3n) is 3.03. The van der Waals surface area contributed by atoms with Gasteiger partial charge in [-0.2, -0.15) is 0 Å². The lowest BCUT2D eigenvalue weighted by Crippen LogP contribution is -2.09. The smallest absolute Gasteiger partial charge is 0.133 e. The van der Waals surface area contributed by atoms with Gasteiger partial charge in [0.05, 0.1) is 6.20 Å². The van der Waals surface area contributed by atoms with Gasteiger partial charge < -0.3 is 5.11 Å². The third-order valence-corrected chi connectivity index (χ3v) is 3.03. The molecule has 2 nitrogen and oxygen atoms in total. The summed E-state index contributed by atoms with van der Waals surface area (Å²) in [5.41, 5.74) is 1.12. The van der Waals surface area contributed by atoms with Gasteiger partial charge in [-0.25, -0.2) is 0 Å². The van der Waals surface area contributed by atoms with Crippen LogP contribution in [0.25, 0.3) is 0 Å². The van der Waals surface area contributed by atoms with Crippen LogP contribution in [0.1, 0.15) is 37.8 Å². The number of nitrogens with zero attached hydrogens (tertiary/aromatic N) is 1. The van der Waals surface area contributed by atoms with Crippen LogP contribution in [0.3, 0.4) is 0 Å². The van der Waals surface area contributed by atoms with E-state index in [1.165, 1.54) is 38.3 Å². The molecule has 2 heteroatoms. The second-order valence-electron chi connectivity index (χ2n) is 4.22. The first-order chi connectivity index (χ1) is 6.84. The van der Waals surface area contributed by atoms with Crippen LogP contribution in [0.2, 0.25) is 0 Å². The monoisotopic (exact) mass is 191 g/mol. The Kier molecular flexibility index (Phi) is 3.02. The minimum Gasteiger partial charge on any atom is -0.506 e. The van der Waals surface area contributed by atoms with Crippen LogP contribution in [-0.4, -0.2) is 10.1 Å². The van der Waals surface area contributed by atoms with E-state index in [1.807, 2.05) is 6.07 Å². The summed E-state index contributed by atoms with van der Waals surface area (Å²) in [7, 11) is 0. The summed E-state index contributed by atoms with van der Waals surface area (Å²) in [6.07, 6.45) is 9.48. The SMILES string of the molecule is Oc1ccc(CC2CCCCC2)nc1. The van der Waals surface area contributed by atoms with E-state index in [2.05, 4.69) is 4.98 Å². The largest absolute Gasteiger partial charge is 0.506 e. The molecule has 1 aromatic heterocycles. The zero-order valence-corrected chi connectivity index (χ0v) is 8.45. The highest BCUT2D eigenvalue weighted by Crippen LogP contribution is 2.26. The Labute approximate surface area is 85.0 Å². The van der Waals surface area contributed by atoms with Crippen molar-refractivity contribution >= 4 is 0 Å². The normalized spacial score (nSPS) is 18.3. The molecule has 0 spiro atoms. The van der Waals surface area contributed by atoms with Crippen LogP contribution in [0.4, 0.5) is 0 Å². The molecular weight excluding hydrogens is 174 g/mol. The Hall–Kier alpha value is -1.05. The summed E-state index contributed by atoms with van der Waals surface area (Å²) < 4.78 is 0. The Morgan fingerprint density at radius 3 is 2.64 bits per heavy atom. The molecule has 1 N–H and O–H groups in total. The number of hydrogen-bond acceptors (Lipinski definition) is 2. The first-order valence-electron chi connectivity index (χ1n) is 5.48. The fourth-order valence-corrected chi connectivity index (χ4v) is 2.22. The minimum absolute atomic E-state index is 0.261. The van der Waals surface area contributed by atoms with Gasteiger partial charge in [0.25, 0.3) is 0 Å². The molecule has 0 radical (unpaired) electrons. The molecule has 1 fully saturated rings. The number of aromatic nitrogens is 1. The summed E-state index contributed by atoms with van der Waals surface area (Å²) in [6, 6.07) is 3.66. The molecule has 1 heterocycles. The fourth-order valence-electron chi connectivity index (χ4n) is 2.22. The Balaban J connectivity index is 1.92. The average Bonchev–Trinajstić information content (AvgIpc) is 2.23. The van der Waals surface area contributed by atoms with Crippen LogP contribution in [0.5, 0.6) is 5.75 Å². The predicted molar refractivity (Wildman–Crippen MR) is 56.2 cm³/mol. The van der Waals surface area contributed by atoms with Crippen LogP contribution in [0, 0.1) is 5.92 Å². The lowest BCUT2D eigenvalue weighted by Gasteiger charge is -2.20. The van der Waals surface area contributed by atoms with E-state index >= 15 is 0 Å². The van der Waals surface area contributed by atoms with Crippen molar-refractivity contribution in [3.05, 3.63) is 24.0 Å². The van der Waals surface area contributed by atoms with E-state index in [1.54, 1.807) is 6.07 Å². The molecule has 0 saturated heterocycles. The van der Waals surface area contributed by atoms with Crippen molar-refractivity contribution in [2.24, 2.45) is 5.92 Å². The third kappa shape index (κ3) is 2.47. The van der Waals surface area contributed by atoms with Gasteiger partial charge in [0.1, 0.15) is 5.75 Å². The molecule has 76 valence electrons. The highest BCUT2D eigenvalue weighted by Gasteiger charge is 2.14. The molecule has 14 heavy (non-hydrogen) atoms. The van der Waals surface area contributed by atoms with Crippen molar-refractivity contribution in [3.63, 3.8) is 0 Å². The summed E-state index contributed by atoms with van der Waals surface area (Å²) in [5.74, 6) is 1.08. The molecular formula is C12H17NO. The summed E-state index contributed by atoms with van der Waals surface area (Å²) in [5, 5.41) is 9.10. The maximum absolute atomic E-state index is 9.10. The fraction of sp³-hybridized carbons (Fsp3) is 0.583. The van der Waals surface area contributed by atoms with Crippen LogP contribution in [0.15, 0.2) is 18.3 Å². The molecule has 0 unspecified atom stereocenters. The van der Waals surface area contributed by atoms with Gasteiger partial charge in [-0.1, -0.05) is 32.1 Å². The molecule has 0 amide bonds. The molecule has 2 rings (SSSR count). The molecule has 0 aliphatic heterocycles. The summed E-state index contributed by atoms with van der Waals surface area (Å²) >= 11 is 0. The Morgan fingerprint density at radius 1 is 1.21 bits per heavy atom. The van der Waals surface area contributed by atoms with Gasteiger partial charge in [0.15, 0.2) is 0 Å². The van der Waals surface area contributed by atoms with Crippen molar-refractivity contribution in [3.8, 4) is 5.75 Å². The lowest BCUT2D eigenvalue weighted by molar-refractivity contribution is 0.354. The van der Waals surface area contributed by atoms with Gasteiger partial charge in [0, 0.05) is 5.69 Å². The minimum atomic E-state index is 0.261. The van der Waals surface area contributed by atoms with Crippen LogP contribution >= 0.6 is 0 Å². The maximum Gasteiger partial charge on any atom is 0.133 e. The standard InChI is InChI=1S/C12H17NO/c14-12-7-6-11(13-9-12)8-10-4-2-1-3-5-10/h6-7,9-10,14H,1-5,8H2. The summed E-state index contributed by atoms with van der Waals surface area (Å²) in [4.78, 5) is 4.22. The number of pyridine rings is 1. The predicted octanol–water partition coefficient (Wildman–Crippen LogP) is 2.91. The maximum atomic E-state index is 9.10. The van der Waals surface area contributed by atoms with Gasteiger partial charge in [0.2, 0.25) is 0 Å². The first-order valence-corrected chi connectivity index (χ1v) is 5.48. The highest BCUT2D eigenvalue weighted by atomic mass is 16.3. The topological polar surface area (TPSA) is 33.1 Å². The number of rotatable bonds is 2. The van der Waals surface area contributed by atoms with Crippen LogP contribution in [-0.2, 0) is 6.42 Å². The van der Waals surface area contributed by atoms with Crippen LogP contribution < -0.4 is 0 Å². The zero-order chi connectivity index (χ0) is 9.80. The van der Waals surface area contributed by atoms with E-state index in [0.717, 1.165) is 18.0 Å². The number of hydrogen-bond donors (Lipinski definition) is 1. The number of aromatic hydroxyl groups is 1. The van der Waals surface area contributed by atoms with Crippen molar-refractivity contribution in [1.82, 2.24) is 4.98 Å². The quantitative estimate of drug-likeness (QED) is 0.779. The highest BCUT2D eigenvalue weighted by molar-refractivity contribution is 5.18. The first kappa shape index (κ1) is 9.50. The van der Waals surface area contributed by atoms with Crippen molar-refractivity contribution in [2.45, 2.75) is 38.5 Å². The van der Waals surface area contributed by atoms with Gasteiger partial charge in [-0.05, 0) is 24.5 Å². The lowest BCUT2D eigenvalue weighted by atomic mass is 9.86. The average molecular weight is 191 g/mol. The van der Waals surface area contributed by atoms with E-state index < -0.39 is 0 Å². The van der Waals surface area contributed by atoms with Gasteiger partial charge in [-0.15, -0.1) is 0 Å². The molecule has 1 saturated carbocycles. The molecule has 1 aromatic rings. The summed E-state index contributed by atoms with van der Waals surface area (Å²) in [6.45, 7) is 0. The van der Waals surface area contributed by atoms with E-state index in [9.17, 15) is 0 Å². The van der Waals surface area contributed by atoms with Crippen molar-refractivity contribution < 1.29 is 5.11 Å².